The molecule has 1 aromatic rings. The van der Waals surface area contributed by atoms with Crippen LogP contribution in [0.3, 0.4) is 0 Å². The van der Waals surface area contributed by atoms with Gasteiger partial charge in [0.05, 0.1) is 11.5 Å². The minimum Gasteiger partial charge on any atom is -0.316 e. The molecular weight excluding hydrogens is 252 g/mol. The van der Waals surface area contributed by atoms with Crippen molar-refractivity contribution in [3.8, 4) is 6.07 Å². The van der Waals surface area contributed by atoms with Gasteiger partial charge in [-0.15, -0.1) is 11.8 Å². The zero-order valence-corrected chi connectivity index (χ0v) is 13.0. The highest BCUT2D eigenvalue weighted by Crippen LogP contribution is 2.24. The fraction of sp³-hybridized carbons (Fsp3) is 0.562. The Labute approximate surface area is 121 Å². The van der Waals surface area contributed by atoms with Crippen LogP contribution in [0, 0.1) is 16.7 Å². The molecule has 0 saturated heterocycles. The standard InChI is InChI=1S/C16H24N2S/c1-16(2,13-17)10-4-5-11-19-15-8-6-14(7-9-15)12-18-3/h6-9,18H,4-5,10-12H2,1-3H3. The molecule has 0 fully saturated rings. The molecule has 0 amide bonds. The third-order valence-electron chi connectivity index (χ3n) is 3.07. The van der Waals surface area contributed by atoms with Gasteiger partial charge >= 0.3 is 0 Å². The molecular formula is C16H24N2S. The van der Waals surface area contributed by atoms with Crippen molar-refractivity contribution < 1.29 is 0 Å². The zero-order valence-electron chi connectivity index (χ0n) is 12.2. The van der Waals surface area contributed by atoms with Gasteiger partial charge in [-0.2, -0.15) is 5.26 Å². The smallest absolute Gasteiger partial charge is 0.0683 e. The van der Waals surface area contributed by atoms with Crippen molar-refractivity contribution in [3.05, 3.63) is 29.8 Å². The Morgan fingerprint density at radius 1 is 1.21 bits per heavy atom. The van der Waals surface area contributed by atoms with Crippen molar-refractivity contribution in [1.82, 2.24) is 5.32 Å². The third kappa shape index (κ3) is 6.66. The first kappa shape index (κ1) is 16.1. The summed E-state index contributed by atoms with van der Waals surface area (Å²) >= 11 is 1.90. The van der Waals surface area contributed by atoms with E-state index in [9.17, 15) is 0 Å². The SMILES string of the molecule is CNCc1ccc(SCCCCC(C)(C)C#N)cc1. The molecule has 2 nitrogen and oxygen atoms in total. The second-order valence-corrected chi connectivity index (χ2v) is 6.64. The Hall–Kier alpha value is -0.980. The minimum atomic E-state index is -0.167. The van der Waals surface area contributed by atoms with E-state index in [1.807, 2.05) is 32.7 Å². The molecule has 0 spiro atoms. The molecule has 0 saturated carbocycles. The lowest BCUT2D eigenvalue weighted by Gasteiger charge is -2.14. The van der Waals surface area contributed by atoms with Gasteiger partial charge in [-0.1, -0.05) is 18.6 Å². The molecule has 0 aliphatic heterocycles. The normalized spacial score (nSPS) is 11.3. The van der Waals surface area contributed by atoms with Gasteiger partial charge in [0.25, 0.3) is 0 Å². The van der Waals surface area contributed by atoms with Gasteiger partial charge in [0.2, 0.25) is 0 Å². The maximum atomic E-state index is 8.94. The van der Waals surface area contributed by atoms with Crippen LogP contribution in [0.2, 0.25) is 0 Å². The lowest BCUT2D eigenvalue weighted by atomic mass is 9.89. The predicted molar refractivity (Wildman–Crippen MR) is 83.2 cm³/mol. The maximum absolute atomic E-state index is 8.94. The summed E-state index contributed by atoms with van der Waals surface area (Å²) in [7, 11) is 1.96. The number of hydrogen-bond donors (Lipinski definition) is 1. The van der Waals surface area contributed by atoms with E-state index in [2.05, 4.69) is 35.7 Å². The Kier molecular flexibility index (Phi) is 6.97. The lowest BCUT2D eigenvalue weighted by molar-refractivity contribution is 0.433. The number of nitriles is 1. The highest BCUT2D eigenvalue weighted by Gasteiger charge is 2.15. The van der Waals surface area contributed by atoms with E-state index in [-0.39, 0.29) is 5.41 Å². The Bertz CT molecular complexity index is 404. The lowest BCUT2D eigenvalue weighted by Crippen LogP contribution is -2.07. The second kappa shape index (κ2) is 8.24. The molecule has 0 radical (unpaired) electrons. The van der Waals surface area contributed by atoms with Crippen LogP contribution in [0.5, 0.6) is 0 Å². The summed E-state index contributed by atoms with van der Waals surface area (Å²) in [6, 6.07) is 11.1. The van der Waals surface area contributed by atoms with Crippen LogP contribution in [-0.2, 0) is 6.54 Å². The average molecular weight is 276 g/mol. The Morgan fingerprint density at radius 3 is 2.47 bits per heavy atom. The minimum absolute atomic E-state index is 0.167. The Morgan fingerprint density at radius 2 is 1.89 bits per heavy atom. The van der Waals surface area contributed by atoms with Gasteiger partial charge in [0.15, 0.2) is 0 Å². The molecule has 0 bridgehead atoms. The number of hydrogen-bond acceptors (Lipinski definition) is 3. The van der Waals surface area contributed by atoms with Crippen LogP contribution in [0.15, 0.2) is 29.2 Å². The van der Waals surface area contributed by atoms with Crippen molar-refractivity contribution >= 4 is 11.8 Å². The summed E-state index contributed by atoms with van der Waals surface area (Å²) in [5, 5.41) is 12.1. The van der Waals surface area contributed by atoms with Gasteiger partial charge in [-0.25, -0.2) is 0 Å². The number of nitrogens with one attached hydrogen (secondary N) is 1. The number of nitrogens with zero attached hydrogens (tertiary/aromatic N) is 1. The van der Waals surface area contributed by atoms with Gasteiger partial charge in [-0.05, 0) is 57.2 Å². The third-order valence-corrected chi connectivity index (χ3v) is 4.17. The van der Waals surface area contributed by atoms with Crippen LogP contribution < -0.4 is 5.32 Å². The van der Waals surface area contributed by atoms with Crippen LogP contribution in [0.4, 0.5) is 0 Å². The highest BCUT2D eigenvalue weighted by molar-refractivity contribution is 7.99. The van der Waals surface area contributed by atoms with E-state index in [0.29, 0.717) is 0 Å². The molecule has 0 atom stereocenters. The monoisotopic (exact) mass is 276 g/mol. The summed E-state index contributed by atoms with van der Waals surface area (Å²) in [4.78, 5) is 1.33. The fourth-order valence-electron chi connectivity index (χ4n) is 1.82. The largest absolute Gasteiger partial charge is 0.316 e. The summed E-state index contributed by atoms with van der Waals surface area (Å²) in [6.07, 6.45) is 3.30. The number of rotatable bonds is 8. The molecule has 0 heterocycles. The quantitative estimate of drug-likeness (QED) is 0.570. The zero-order chi connectivity index (χ0) is 14.1. The summed E-state index contributed by atoms with van der Waals surface area (Å²) < 4.78 is 0. The molecule has 1 aromatic carbocycles. The van der Waals surface area contributed by atoms with E-state index >= 15 is 0 Å². The van der Waals surface area contributed by atoms with Gasteiger partial charge in [0, 0.05) is 11.4 Å². The molecule has 1 N–H and O–H groups in total. The van der Waals surface area contributed by atoms with Crippen molar-refractivity contribution in [1.29, 1.82) is 5.26 Å². The average Bonchev–Trinajstić information content (AvgIpc) is 2.40. The molecule has 0 aliphatic rings. The first-order valence-corrected chi connectivity index (χ1v) is 7.83. The summed E-state index contributed by atoms with van der Waals surface area (Å²) in [5.74, 6) is 1.13. The van der Waals surface area contributed by atoms with Crippen molar-refractivity contribution in [3.63, 3.8) is 0 Å². The maximum Gasteiger partial charge on any atom is 0.0683 e. The van der Waals surface area contributed by atoms with Crippen LogP contribution in [-0.4, -0.2) is 12.8 Å². The molecule has 0 aromatic heterocycles. The van der Waals surface area contributed by atoms with Crippen LogP contribution in [0.1, 0.15) is 38.7 Å². The molecule has 19 heavy (non-hydrogen) atoms. The molecule has 1 rings (SSSR count). The van der Waals surface area contributed by atoms with E-state index in [0.717, 1.165) is 25.1 Å². The number of thioether (sulfide) groups is 1. The fourth-order valence-corrected chi connectivity index (χ4v) is 2.74. The molecule has 0 aliphatic carbocycles. The van der Waals surface area contributed by atoms with Gasteiger partial charge < -0.3 is 5.32 Å². The molecule has 3 heteroatoms. The van der Waals surface area contributed by atoms with Crippen LogP contribution in [0.25, 0.3) is 0 Å². The summed E-state index contributed by atoms with van der Waals surface area (Å²) in [6.45, 7) is 4.95. The highest BCUT2D eigenvalue weighted by atomic mass is 32.2. The predicted octanol–water partition coefficient (Wildman–Crippen LogP) is 4.22. The first-order chi connectivity index (χ1) is 9.07. The second-order valence-electron chi connectivity index (χ2n) is 5.48. The van der Waals surface area contributed by atoms with E-state index in [1.165, 1.54) is 16.9 Å². The van der Waals surface area contributed by atoms with Gasteiger partial charge in [0.1, 0.15) is 0 Å². The van der Waals surface area contributed by atoms with E-state index in [1.54, 1.807) is 0 Å². The number of unbranched alkanes of at least 4 members (excludes halogenated alkanes) is 1. The molecule has 104 valence electrons. The van der Waals surface area contributed by atoms with Crippen molar-refractivity contribution in [2.24, 2.45) is 5.41 Å². The van der Waals surface area contributed by atoms with Crippen LogP contribution >= 0.6 is 11.8 Å². The topological polar surface area (TPSA) is 35.8 Å². The van der Waals surface area contributed by atoms with Crippen molar-refractivity contribution in [2.75, 3.05) is 12.8 Å². The first-order valence-electron chi connectivity index (χ1n) is 6.85. The Balaban J connectivity index is 2.21. The molecule has 0 unspecified atom stereocenters. The van der Waals surface area contributed by atoms with E-state index < -0.39 is 0 Å². The van der Waals surface area contributed by atoms with Gasteiger partial charge in [-0.3, -0.25) is 0 Å². The van der Waals surface area contributed by atoms with Crippen molar-refractivity contribution in [2.45, 2.75) is 44.6 Å². The van der Waals surface area contributed by atoms with E-state index in [4.69, 9.17) is 5.26 Å². The summed E-state index contributed by atoms with van der Waals surface area (Å²) in [5.41, 5.74) is 1.15. The number of benzene rings is 1.